The van der Waals surface area contributed by atoms with E-state index in [-0.39, 0.29) is 17.6 Å². The zero-order valence-electron chi connectivity index (χ0n) is 20.9. The van der Waals surface area contributed by atoms with Crippen LogP contribution in [0.5, 0.6) is 6.01 Å². The van der Waals surface area contributed by atoms with E-state index < -0.39 is 11.7 Å². The Balaban J connectivity index is 1.39. The third kappa shape index (κ3) is 4.56. The van der Waals surface area contributed by atoms with Crippen molar-refractivity contribution in [3.63, 3.8) is 0 Å². The van der Waals surface area contributed by atoms with Crippen LogP contribution in [0.2, 0.25) is 0 Å². The SMILES string of the molecule is C[C@H]1CN(c2ccc(C(=O)Nc3cc(F)c4nn(C)cc4c3)c3nc(OC4COC4)ncc23)C[C@H](C)N1. The first kappa shape index (κ1) is 23.6. The second kappa shape index (κ2) is 9.24. The predicted molar refractivity (Wildman–Crippen MR) is 138 cm³/mol. The molecule has 192 valence electrons. The number of carbonyl (C=O) groups excluding carboxylic acids is 1. The summed E-state index contributed by atoms with van der Waals surface area (Å²) in [4.78, 5) is 24.8. The number of aryl methyl sites for hydroxylation is 1. The fraction of sp³-hybridized carbons (Fsp3) is 0.385. The number of aromatic nitrogens is 4. The molecule has 2 aliphatic heterocycles. The van der Waals surface area contributed by atoms with Crippen molar-refractivity contribution < 1.29 is 18.7 Å². The quantitative estimate of drug-likeness (QED) is 0.427. The van der Waals surface area contributed by atoms with Gasteiger partial charge in [-0.15, -0.1) is 0 Å². The van der Waals surface area contributed by atoms with Crippen LogP contribution < -0.4 is 20.3 Å². The molecule has 4 aromatic rings. The average molecular weight is 506 g/mol. The van der Waals surface area contributed by atoms with Crippen molar-refractivity contribution in [2.45, 2.75) is 32.0 Å². The average Bonchev–Trinajstić information content (AvgIpc) is 3.20. The molecule has 2 aliphatic rings. The lowest BCUT2D eigenvalue weighted by atomic mass is 10.0. The summed E-state index contributed by atoms with van der Waals surface area (Å²) in [6, 6.07) is 7.46. The molecule has 2 atom stereocenters. The van der Waals surface area contributed by atoms with E-state index in [4.69, 9.17) is 9.47 Å². The van der Waals surface area contributed by atoms with Crippen molar-refractivity contribution >= 4 is 39.1 Å². The molecule has 2 fully saturated rings. The monoisotopic (exact) mass is 505 g/mol. The molecule has 2 aromatic heterocycles. The third-order valence-electron chi connectivity index (χ3n) is 6.66. The molecule has 0 aliphatic carbocycles. The van der Waals surface area contributed by atoms with E-state index in [0.29, 0.717) is 47.5 Å². The maximum atomic E-state index is 14.6. The fourth-order valence-corrected chi connectivity index (χ4v) is 5.04. The minimum Gasteiger partial charge on any atom is -0.455 e. The lowest BCUT2D eigenvalue weighted by Crippen LogP contribution is -2.54. The summed E-state index contributed by atoms with van der Waals surface area (Å²) in [6.45, 7) is 6.88. The zero-order chi connectivity index (χ0) is 25.7. The van der Waals surface area contributed by atoms with Crippen LogP contribution in [0.1, 0.15) is 24.2 Å². The van der Waals surface area contributed by atoms with E-state index >= 15 is 0 Å². The molecule has 2 aromatic carbocycles. The third-order valence-corrected chi connectivity index (χ3v) is 6.66. The molecule has 2 saturated heterocycles. The molecule has 0 saturated carbocycles. The Hall–Kier alpha value is -3.83. The van der Waals surface area contributed by atoms with Crippen molar-refractivity contribution in [2.24, 2.45) is 7.05 Å². The summed E-state index contributed by atoms with van der Waals surface area (Å²) in [6.07, 6.45) is 3.30. The molecule has 0 bridgehead atoms. The van der Waals surface area contributed by atoms with Gasteiger partial charge in [0.25, 0.3) is 5.91 Å². The zero-order valence-corrected chi connectivity index (χ0v) is 20.9. The highest BCUT2D eigenvalue weighted by Crippen LogP contribution is 2.32. The lowest BCUT2D eigenvalue weighted by Gasteiger charge is -2.38. The number of rotatable bonds is 5. The van der Waals surface area contributed by atoms with Gasteiger partial charge in [0, 0.05) is 66.8 Å². The standard InChI is InChI=1S/C26H28FN7O3/c1-14-9-34(10-15(2)29-14)22-5-4-19(24-20(22)8-28-26(31-24)37-18-12-36-13-18)25(35)30-17-6-16-11-33(3)32-23(16)21(27)7-17/h4-8,11,14-15,18,29H,9-10,12-13H2,1-3H3,(H,30,35)/t14-,15-/m0/s1. The van der Waals surface area contributed by atoms with E-state index in [1.165, 1.54) is 10.7 Å². The smallest absolute Gasteiger partial charge is 0.317 e. The second-order valence-corrected chi connectivity index (χ2v) is 9.85. The molecular weight excluding hydrogens is 477 g/mol. The fourth-order valence-electron chi connectivity index (χ4n) is 5.04. The van der Waals surface area contributed by atoms with Crippen molar-refractivity contribution in [1.29, 1.82) is 0 Å². The number of carbonyl (C=O) groups is 1. The molecule has 10 nitrogen and oxygen atoms in total. The molecule has 0 unspecified atom stereocenters. The first-order valence-corrected chi connectivity index (χ1v) is 12.3. The minimum atomic E-state index is -0.503. The van der Waals surface area contributed by atoms with Gasteiger partial charge in [-0.2, -0.15) is 10.1 Å². The van der Waals surface area contributed by atoms with E-state index in [1.54, 1.807) is 31.6 Å². The maximum Gasteiger partial charge on any atom is 0.317 e. The first-order valence-electron chi connectivity index (χ1n) is 12.3. The topological polar surface area (TPSA) is 106 Å². The van der Waals surface area contributed by atoms with Crippen LogP contribution in [0.3, 0.4) is 0 Å². The van der Waals surface area contributed by atoms with Crippen molar-refractivity contribution in [3.05, 3.63) is 48.0 Å². The number of amides is 1. The molecular formula is C26H28FN7O3. The second-order valence-electron chi connectivity index (χ2n) is 9.85. The van der Waals surface area contributed by atoms with Crippen LogP contribution in [-0.4, -0.2) is 70.1 Å². The summed E-state index contributed by atoms with van der Waals surface area (Å²) in [5.74, 6) is -0.908. The van der Waals surface area contributed by atoms with Crippen LogP contribution >= 0.6 is 0 Å². The number of nitrogens with zero attached hydrogens (tertiary/aromatic N) is 5. The highest BCUT2D eigenvalue weighted by molar-refractivity contribution is 6.14. The van der Waals surface area contributed by atoms with Gasteiger partial charge >= 0.3 is 6.01 Å². The van der Waals surface area contributed by atoms with Gasteiger partial charge in [0.1, 0.15) is 11.6 Å². The first-order chi connectivity index (χ1) is 17.8. The molecule has 2 N–H and O–H groups in total. The van der Waals surface area contributed by atoms with Crippen LogP contribution in [0.25, 0.3) is 21.8 Å². The number of hydrogen-bond acceptors (Lipinski definition) is 8. The van der Waals surface area contributed by atoms with Crippen LogP contribution in [0.15, 0.2) is 36.7 Å². The van der Waals surface area contributed by atoms with Gasteiger partial charge < -0.3 is 25.0 Å². The number of halogens is 1. The Morgan fingerprint density at radius 2 is 1.97 bits per heavy atom. The molecule has 0 radical (unpaired) electrons. The maximum absolute atomic E-state index is 14.6. The number of piperazine rings is 1. The predicted octanol–water partition coefficient (Wildman–Crippen LogP) is 2.87. The van der Waals surface area contributed by atoms with Crippen molar-refractivity contribution in [2.75, 3.05) is 36.5 Å². The highest BCUT2D eigenvalue weighted by Gasteiger charge is 2.26. The van der Waals surface area contributed by atoms with Gasteiger partial charge in [-0.05, 0) is 38.1 Å². The Labute approximate surface area is 212 Å². The minimum absolute atomic E-state index is 0.109. The van der Waals surface area contributed by atoms with Gasteiger partial charge in [0.2, 0.25) is 0 Å². The van der Waals surface area contributed by atoms with Crippen LogP contribution in [-0.2, 0) is 11.8 Å². The summed E-state index contributed by atoms with van der Waals surface area (Å²) in [7, 11) is 1.72. The summed E-state index contributed by atoms with van der Waals surface area (Å²) >= 11 is 0. The number of nitrogens with one attached hydrogen (secondary N) is 2. The molecule has 4 heterocycles. The largest absolute Gasteiger partial charge is 0.455 e. The Kier molecular flexibility index (Phi) is 5.88. The molecule has 11 heteroatoms. The Morgan fingerprint density at radius 3 is 2.70 bits per heavy atom. The van der Waals surface area contributed by atoms with Crippen LogP contribution in [0.4, 0.5) is 15.8 Å². The van der Waals surface area contributed by atoms with E-state index in [2.05, 4.69) is 44.4 Å². The normalized spacial score (nSPS) is 20.3. The summed E-state index contributed by atoms with van der Waals surface area (Å²) in [5, 5.41) is 11.8. The molecule has 37 heavy (non-hydrogen) atoms. The number of ether oxygens (including phenoxy) is 2. The number of anilines is 2. The lowest BCUT2D eigenvalue weighted by molar-refractivity contribution is -0.0830. The summed E-state index contributed by atoms with van der Waals surface area (Å²) in [5.41, 5.74) is 2.36. The Bertz CT molecular complexity index is 1490. The van der Waals surface area contributed by atoms with Gasteiger partial charge in [-0.3, -0.25) is 9.48 Å². The molecule has 0 spiro atoms. The highest BCUT2D eigenvalue weighted by atomic mass is 19.1. The summed E-state index contributed by atoms with van der Waals surface area (Å²) < 4.78 is 27.2. The Morgan fingerprint density at radius 1 is 1.19 bits per heavy atom. The molecule has 1 amide bonds. The van der Waals surface area contributed by atoms with Gasteiger partial charge in [-0.1, -0.05) is 0 Å². The van der Waals surface area contributed by atoms with E-state index in [9.17, 15) is 9.18 Å². The number of fused-ring (bicyclic) bond motifs is 2. The number of hydrogen-bond donors (Lipinski definition) is 2. The van der Waals surface area contributed by atoms with Crippen molar-refractivity contribution in [3.8, 4) is 6.01 Å². The molecule has 6 rings (SSSR count). The van der Waals surface area contributed by atoms with Gasteiger partial charge in [-0.25, -0.2) is 9.37 Å². The van der Waals surface area contributed by atoms with E-state index in [0.717, 1.165) is 24.2 Å². The van der Waals surface area contributed by atoms with Crippen molar-refractivity contribution in [1.82, 2.24) is 25.1 Å². The van der Waals surface area contributed by atoms with E-state index in [1.807, 2.05) is 6.07 Å². The van der Waals surface area contributed by atoms with Gasteiger partial charge in [0.05, 0.1) is 24.3 Å². The number of benzene rings is 2. The van der Waals surface area contributed by atoms with Crippen LogP contribution in [0, 0.1) is 5.82 Å². The van der Waals surface area contributed by atoms with Gasteiger partial charge in [0.15, 0.2) is 5.82 Å².